The maximum Gasteiger partial charge on any atom is 0.422 e. The van der Waals surface area contributed by atoms with E-state index in [9.17, 15) is 18.8 Å². The van der Waals surface area contributed by atoms with E-state index >= 15 is 0 Å². The number of benzene rings is 3. The summed E-state index contributed by atoms with van der Waals surface area (Å²) >= 11 is 0. The largest absolute Gasteiger partial charge is 0.473 e. The van der Waals surface area contributed by atoms with Crippen LogP contribution in [0.4, 0.5) is 4.39 Å². The highest BCUT2D eigenvalue weighted by atomic mass is 19.1. The minimum atomic E-state index is -1.70. The lowest BCUT2D eigenvalue weighted by Crippen LogP contribution is -2.40. The molecule has 36 heavy (non-hydrogen) atoms. The normalized spacial score (nSPS) is 18.4. The molecule has 0 radical (unpaired) electrons. The van der Waals surface area contributed by atoms with Gasteiger partial charge in [-0.15, -0.1) is 0 Å². The van der Waals surface area contributed by atoms with Crippen LogP contribution < -0.4 is 10.1 Å². The highest BCUT2D eigenvalue weighted by Gasteiger charge is 2.38. The second kappa shape index (κ2) is 9.91. The highest BCUT2D eigenvalue weighted by Crippen LogP contribution is 2.48. The van der Waals surface area contributed by atoms with Gasteiger partial charge in [0.25, 0.3) is 0 Å². The Morgan fingerprint density at radius 1 is 1.00 bits per heavy atom. The Hall–Kier alpha value is -4.04. The quantitative estimate of drug-likeness (QED) is 0.314. The predicted molar refractivity (Wildman–Crippen MR) is 130 cm³/mol. The van der Waals surface area contributed by atoms with Crippen LogP contribution in [0.25, 0.3) is 11.1 Å². The van der Waals surface area contributed by atoms with Crippen molar-refractivity contribution in [2.75, 3.05) is 19.6 Å². The number of amides is 1. The second-order valence-corrected chi connectivity index (χ2v) is 9.10. The van der Waals surface area contributed by atoms with Crippen LogP contribution in [-0.4, -0.2) is 53.5 Å². The number of nitrogens with one attached hydrogen (secondary N) is 1. The number of hydrogen-bond donors (Lipinski definition) is 2. The van der Waals surface area contributed by atoms with Gasteiger partial charge in [-0.3, -0.25) is 4.79 Å². The maximum absolute atomic E-state index is 13.6. The van der Waals surface area contributed by atoms with Gasteiger partial charge in [-0.05, 0) is 53.3 Å². The van der Waals surface area contributed by atoms with E-state index < -0.39 is 17.9 Å². The molecule has 2 atom stereocenters. The van der Waals surface area contributed by atoms with Gasteiger partial charge in [0.15, 0.2) is 0 Å². The number of carbonyl (C=O) groups excluding carboxylic acids is 2. The van der Waals surface area contributed by atoms with Crippen molar-refractivity contribution < 1.29 is 28.6 Å². The van der Waals surface area contributed by atoms with Gasteiger partial charge in [0, 0.05) is 31.2 Å². The van der Waals surface area contributed by atoms with Crippen molar-refractivity contribution in [2.45, 2.75) is 24.8 Å². The summed E-state index contributed by atoms with van der Waals surface area (Å²) in [5, 5.41) is 12.2. The van der Waals surface area contributed by atoms with Gasteiger partial charge in [-0.2, -0.15) is 0 Å². The zero-order valence-electron chi connectivity index (χ0n) is 19.4. The standard InChI is InChI=1S/C28H25FN2O5/c29-18-10-8-17(9-11-18)12-14-31-15-13-19(16-31)30-26(32)25-22-5-2-1-4-20(22)21-6-3-7-23(24(21)25)36-28(35)27(33)34/h1-11,19,25H,12-16H2,(H,30,32)(H,33,34)/t19?,25-/m0/s1. The molecule has 1 fully saturated rings. The fourth-order valence-corrected chi connectivity index (χ4v) is 5.11. The first-order valence-corrected chi connectivity index (χ1v) is 11.8. The molecule has 5 rings (SSSR count). The number of likely N-dealkylation sites (tertiary alicyclic amines) is 1. The van der Waals surface area contributed by atoms with E-state index in [-0.39, 0.29) is 23.5 Å². The lowest BCUT2D eigenvalue weighted by atomic mass is 9.94. The Morgan fingerprint density at radius 2 is 1.75 bits per heavy atom. The van der Waals surface area contributed by atoms with Gasteiger partial charge >= 0.3 is 11.9 Å². The van der Waals surface area contributed by atoms with E-state index in [1.54, 1.807) is 18.2 Å². The molecule has 3 aromatic carbocycles. The molecule has 8 heteroatoms. The zero-order valence-corrected chi connectivity index (χ0v) is 19.4. The number of rotatable bonds is 6. The van der Waals surface area contributed by atoms with Gasteiger partial charge in [-0.25, -0.2) is 14.0 Å². The van der Waals surface area contributed by atoms with Crippen LogP contribution in [0.5, 0.6) is 5.75 Å². The Morgan fingerprint density at radius 3 is 2.53 bits per heavy atom. The van der Waals surface area contributed by atoms with E-state index in [0.29, 0.717) is 12.1 Å². The molecule has 2 aliphatic rings. The molecular formula is C28H25FN2O5. The molecule has 1 saturated heterocycles. The number of nitrogens with zero attached hydrogens (tertiary/aromatic N) is 1. The molecule has 0 aromatic heterocycles. The van der Waals surface area contributed by atoms with Crippen LogP contribution in [0, 0.1) is 5.82 Å². The predicted octanol–water partition coefficient (Wildman–Crippen LogP) is 3.36. The molecule has 1 aliphatic heterocycles. The van der Waals surface area contributed by atoms with E-state index in [2.05, 4.69) is 10.2 Å². The molecule has 184 valence electrons. The van der Waals surface area contributed by atoms with Crippen LogP contribution in [0.15, 0.2) is 66.7 Å². The smallest absolute Gasteiger partial charge is 0.422 e. The van der Waals surface area contributed by atoms with Crippen LogP contribution in [0.2, 0.25) is 0 Å². The third-order valence-corrected chi connectivity index (χ3v) is 6.80. The first kappa shape index (κ1) is 23.7. The van der Waals surface area contributed by atoms with Crippen molar-refractivity contribution in [2.24, 2.45) is 0 Å². The maximum atomic E-state index is 13.6. The summed E-state index contributed by atoms with van der Waals surface area (Å²) in [6, 6.07) is 19.0. The molecule has 1 unspecified atom stereocenters. The Kier molecular flexibility index (Phi) is 6.52. The number of hydrogen-bond acceptors (Lipinski definition) is 5. The van der Waals surface area contributed by atoms with Crippen LogP contribution in [-0.2, 0) is 20.8 Å². The number of fused-ring (bicyclic) bond motifs is 3. The lowest BCUT2D eigenvalue weighted by Gasteiger charge is -2.20. The minimum Gasteiger partial charge on any atom is -0.473 e. The van der Waals surface area contributed by atoms with Gasteiger partial charge in [-0.1, -0.05) is 48.5 Å². The fraction of sp³-hybridized carbons (Fsp3) is 0.250. The summed E-state index contributed by atoms with van der Waals surface area (Å²) in [6.07, 6.45) is 1.59. The first-order chi connectivity index (χ1) is 17.4. The monoisotopic (exact) mass is 488 g/mol. The van der Waals surface area contributed by atoms with Gasteiger partial charge in [0.2, 0.25) is 5.91 Å². The molecule has 0 bridgehead atoms. The molecule has 3 aromatic rings. The number of ether oxygens (including phenoxy) is 1. The van der Waals surface area contributed by atoms with Crippen LogP contribution in [0.1, 0.15) is 29.0 Å². The van der Waals surface area contributed by atoms with Crippen molar-refractivity contribution in [3.8, 4) is 16.9 Å². The summed E-state index contributed by atoms with van der Waals surface area (Å²) < 4.78 is 18.3. The Bertz CT molecular complexity index is 1320. The highest BCUT2D eigenvalue weighted by molar-refractivity contribution is 6.29. The number of esters is 1. The number of carboxylic acid groups (broad SMARTS) is 1. The number of halogens is 1. The van der Waals surface area contributed by atoms with Crippen molar-refractivity contribution in [1.29, 1.82) is 0 Å². The van der Waals surface area contributed by atoms with Crippen LogP contribution in [0.3, 0.4) is 0 Å². The molecule has 1 heterocycles. The third-order valence-electron chi connectivity index (χ3n) is 6.80. The Balaban J connectivity index is 1.31. The van der Waals surface area contributed by atoms with Gasteiger partial charge in [0.1, 0.15) is 11.6 Å². The second-order valence-electron chi connectivity index (χ2n) is 9.10. The SMILES string of the molecule is O=C(O)C(=O)Oc1cccc2c1[C@@H](C(=O)NC1CCN(CCc3ccc(F)cc3)C1)c1ccccc1-2. The molecule has 1 aliphatic carbocycles. The summed E-state index contributed by atoms with van der Waals surface area (Å²) in [6.45, 7) is 2.34. The lowest BCUT2D eigenvalue weighted by molar-refractivity contribution is -0.158. The fourth-order valence-electron chi connectivity index (χ4n) is 5.11. The van der Waals surface area contributed by atoms with E-state index in [1.165, 1.54) is 18.2 Å². The third kappa shape index (κ3) is 4.72. The summed E-state index contributed by atoms with van der Waals surface area (Å²) in [5.74, 6) is -4.21. The van der Waals surface area contributed by atoms with Crippen molar-refractivity contribution in [1.82, 2.24) is 10.2 Å². The Labute approximate surface area is 207 Å². The van der Waals surface area contributed by atoms with Crippen molar-refractivity contribution in [3.05, 3.63) is 89.2 Å². The van der Waals surface area contributed by atoms with E-state index in [4.69, 9.17) is 9.84 Å². The molecule has 7 nitrogen and oxygen atoms in total. The summed E-state index contributed by atoms with van der Waals surface area (Å²) in [5.41, 5.74) is 3.94. The molecule has 0 saturated carbocycles. The van der Waals surface area contributed by atoms with Gasteiger partial charge < -0.3 is 20.1 Å². The molecular weight excluding hydrogens is 463 g/mol. The van der Waals surface area contributed by atoms with E-state index in [1.807, 2.05) is 30.3 Å². The van der Waals surface area contributed by atoms with Gasteiger partial charge in [0.05, 0.1) is 5.92 Å². The topological polar surface area (TPSA) is 95.9 Å². The summed E-state index contributed by atoms with van der Waals surface area (Å²) in [7, 11) is 0. The van der Waals surface area contributed by atoms with E-state index in [0.717, 1.165) is 48.2 Å². The van der Waals surface area contributed by atoms with Crippen molar-refractivity contribution in [3.63, 3.8) is 0 Å². The minimum absolute atomic E-state index is 0.0457. The average molecular weight is 489 g/mol. The number of carbonyl (C=O) groups is 3. The molecule has 1 amide bonds. The van der Waals surface area contributed by atoms with Crippen molar-refractivity contribution >= 4 is 17.8 Å². The number of carboxylic acids is 1. The van der Waals surface area contributed by atoms with Crippen LogP contribution >= 0.6 is 0 Å². The summed E-state index contributed by atoms with van der Waals surface area (Å²) in [4.78, 5) is 38.8. The molecule has 2 N–H and O–H groups in total. The zero-order chi connectivity index (χ0) is 25.2. The average Bonchev–Trinajstić information content (AvgIpc) is 3.46. The number of aliphatic carboxylic acids is 1. The first-order valence-electron chi connectivity index (χ1n) is 11.8. The molecule has 0 spiro atoms.